The van der Waals surface area contributed by atoms with Crippen LogP contribution in [0.15, 0.2) is 0 Å². The van der Waals surface area contributed by atoms with Gasteiger partial charge in [-0.2, -0.15) is 11.8 Å². The Morgan fingerprint density at radius 1 is 1.31 bits per heavy atom. The molecule has 13 heavy (non-hydrogen) atoms. The summed E-state index contributed by atoms with van der Waals surface area (Å²) in [6.45, 7) is 7.99. The van der Waals surface area contributed by atoms with Crippen LogP contribution in [0.5, 0.6) is 0 Å². The number of thioether (sulfide) groups is 1. The standard InChI is InChI=1S/C9H18N2OS/c1-3-11(4-2-10-1)5-6-13-9-7-12-8-9/h9-10H,1-8H2. The van der Waals surface area contributed by atoms with Crippen molar-refractivity contribution in [2.45, 2.75) is 5.25 Å². The molecule has 4 heteroatoms. The summed E-state index contributed by atoms with van der Waals surface area (Å²) < 4.78 is 5.13. The molecule has 1 N–H and O–H groups in total. The van der Waals surface area contributed by atoms with Crippen LogP contribution in [0, 0.1) is 0 Å². The van der Waals surface area contributed by atoms with Crippen molar-refractivity contribution < 1.29 is 4.74 Å². The van der Waals surface area contributed by atoms with Crippen molar-refractivity contribution in [3.05, 3.63) is 0 Å². The molecule has 0 aromatic rings. The minimum absolute atomic E-state index is 0.794. The Hall–Kier alpha value is 0.230. The Morgan fingerprint density at radius 2 is 2.08 bits per heavy atom. The Kier molecular flexibility index (Phi) is 3.91. The van der Waals surface area contributed by atoms with Gasteiger partial charge in [0.15, 0.2) is 0 Å². The van der Waals surface area contributed by atoms with E-state index in [0.29, 0.717) is 0 Å². The lowest BCUT2D eigenvalue weighted by Crippen LogP contribution is -2.44. The maximum atomic E-state index is 5.13. The first-order valence-electron chi connectivity index (χ1n) is 5.07. The van der Waals surface area contributed by atoms with Crippen LogP contribution in [0.25, 0.3) is 0 Å². The highest BCUT2D eigenvalue weighted by Gasteiger charge is 2.18. The SMILES string of the molecule is C1CN(CCSC2COC2)CCN1. The minimum atomic E-state index is 0.794. The third-order valence-corrected chi connectivity index (χ3v) is 3.74. The van der Waals surface area contributed by atoms with E-state index in [9.17, 15) is 0 Å². The lowest BCUT2D eigenvalue weighted by Gasteiger charge is -2.29. The van der Waals surface area contributed by atoms with E-state index < -0.39 is 0 Å². The highest BCUT2D eigenvalue weighted by molar-refractivity contribution is 8.00. The summed E-state index contributed by atoms with van der Waals surface area (Å²) in [6, 6.07) is 0. The zero-order valence-electron chi connectivity index (χ0n) is 8.00. The van der Waals surface area contributed by atoms with Crippen molar-refractivity contribution in [1.29, 1.82) is 0 Å². The van der Waals surface area contributed by atoms with Crippen molar-refractivity contribution in [3.63, 3.8) is 0 Å². The van der Waals surface area contributed by atoms with Crippen LogP contribution in [0.2, 0.25) is 0 Å². The van der Waals surface area contributed by atoms with Gasteiger partial charge in [0, 0.05) is 38.5 Å². The first-order chi connectivity index (χ1) is 6.45. The quantitative estimate of drug-likeness (QED) is 0.695. The lowest BCUT2D eigenvalue weighted by molar-refractivity contribution is 0.0454. The molecule has 76 valence electrons. The average molecular weight is 202 g/mol. The summed E-state index contributed by atoms with van der Waals surface area (Å²) >= 11 is 2.07. The van der Waals surface area contributed by atoms with Crippen LogP contribution in [0.3, 0.4) is 0 Å². The average Bonchev–Trinajstić information content (AvgIpc) is 2.11. The van der Waals surface area contributed by atoms with E-state index >= 15 is 0 Å². The molecule has 0 bridgehead atoms. The van der Waals surface area contributed by atoms with Crippen molar-refractivity contribution in [1.82, 2.24) is 10.2 Å². The Labute approximate surface area is 84.2 Å². The molecule has 0 unspecified atom stereocenters. The van der Waals surface area contributed by atoms with Crippen LogP contribution in [-0.2, 0) is 4.74 Å². The molecule has 0 aliphatic carbocycles. The Bertz CT molecular complexity index is 147. The van der Waals surface area contributed by atoms with Crippen molar-refractivity contribution >= 4 is 11.8 Å². The molecule has 2 heterocycles. The number of ether oxygens (including phenoxy) is 1. The van der Waals surface area contributed by atoms with Gasteiger partial charge in [-0.1, -0.05) is 0 Å². The summed E-state index contributed by atoms with van der Waals surface area (Å²) in [6.07, 6.45) is 0. The molecule has 2 aliphatic heterocycles. The van der Waals surface area contributed by atoms with Crippen LogP contribution in [0.4, 0.5) is 0 Å². The normalized spacial score (nSPS) is 25.8. The second-order valence-electron chi connectivity index (χ2n) is 3.62. The van der Waals surface area contributed by atoms with Gasteiger partial charge in [-0.25, -0.2) is 0 Å². The first-order valence-corrected chi connectivity index (χ1v) is 6.12. The fraction of sp³-hybridized carbons (Fsp3) is 1.00. The Morgan fingerprint density at radius 3 is 2.69 bits per heavy atom. The Balaban J connectivity index is 1.50. The van der Waals surface area contributed by atoms with Crippen molar-refractivity contribution in [3.8, 4) is 0 Å². The summed E-state index contributed by atoms with van der Waals surface area (Å²) in [5.74, 6) is 1.27. The summed E-state index contributed by atoms with van der Waals surface area (Å²) in [5.41, 5.74) is 0. The highest BCUT2D eigenvalue weighted by atomic mass is 32.2. The van der Waals surface area contributed by atoms with Gasteiger partial charge in [-0.15, -0.1) is 0 Å². The third kappa shape index (κ3) is 3.13. The van der Waals surface area contributed by atoms with E-state index in [1.807, 2.05) is 0 Å². The molecule has 0 spiro atoms. The summed E-state index contributed by atoms with van der Waals surface area (Å²) in [5, 5.41) is 4.16. The largest absolute Gasteiger partial charge is 0.379 e. The van der Waals surface area contributed by atoms with Crippen LogP contribution in [0.1, 0.15) is 0 Å². The molecular formula is C9H18N2OS. The van der Waals surface area contributed by atoms with Gasteiger partial charge in [0.1, 0.15) is 0 Å². The smallest absolute Gasteiger partial charge is 0.0607 e. The van der Waals surface area contributed by atoms with E-state index in [1.54, 1.807) is 0 Å². The second-order valence-corrected chi connectivity index (χ2v) is 5.03. The number of nitrogens with zero attached hydrogens (tertiary/aromatic N) is 1. The predicted molar refractivity (Wildman–Crippen MR) is 56.4 cm³/mol. The molecule has 0 aromatic heterocycles. The van der Waals surface area contributed by atoms with Gasteiger partial charge in [-0.3, -0.25) is 4.90 Å². The van der Waals surface area contributed by atoms with Crippen LogP contribution < -0.4 is 5.32 Å². The number of hydrogen-bond acceptors (Lipinski definition) is 4. The number of hydrogen-bond donors (Lipinski definition) is 1. The fourth-order valence-electron chi connectivity index (χ4n) is 1.59. The molecule has 0 atom stereocenters. The minimum Gasteiger partial charge on any atom is -0.379 e. The van der Waals surface area contributed by atoms with Crippen LogP contribution >= 0.6 is 11.8 Å². The molecule has 2 aliphatic rings. The molecule has 0 radical (unpaired) electrons. The fourth-order valence-corrected chi connectivity index (χ4v) is 2.68. The van der Waals surface area contributed by atoms with E-state index in [4.69, 9.17) is 4.74 Å². The predicted octanol–water partition coefficient (Wildman–Crippen LogP) is 0.0236. The third-order valence-electron chi connectivity index (χ3n) is 2.58. The van der Waals surface area contributed by atoms with Crippen LogP contribution in [-0.4, -0.2) is 61.8 Å². The van der Waals surface area contributed by atoms with E-state index in [1.165, 1.54) is 25.4 Å². The van der Waals surface area contributed by atoms with Gasteiger partial charge in [-0.05, 0) is 0 Å². The molecule has 2 fully saturated rings. The van der Waals surface area contributed by atoms with E-state index in [-0.39, 0.29) is 0 Å². The molecule has 3 nitrogen and oxygen atoms in total. The second kappa shape index (κ2) is 5.20. The van der Waals surface area contributed by atoms with Gasteiger partial charge >= 0.3 is 0 Å². The number of rotatable bonds is 4. The molecule has 0 saturated carbocycles. The summed E-state index contributed by atoms with van der Waals surface area (Å²) in [7, 11) is 0. The van der Waals surface area contributed by atoms with Crippen molar-refractivity contribution in [2.24, 2.45) is 0 Å². The molecule has 0 aromatic carbocycles. The topological polar surface area (TPSA) is 24.5 Å². The van der Waals surface area contributed by atoms with Gasteiger partial charge < -0.3 is 10.1 Å². The zero-order chi connectivity index (χ0) is 8.93. The zero-order valence-corrected chi connectivity index (χ0v) is 8.81. The summed E-state index contributed by atoms with van der Waals surface area (Å²) in [4.78, 5) is 2.54. The number of piperazine rings is 1. The highest BCUT2D eigenvalue weighted by Crippen LogP contribution is 2.18. The monoisotopic (exact) mass is 202 g/mol. The molecule has 2 saturated heterocycles. The van der Waals surface area contributed by atoms with Gasteiger partial charge in [0.25, 0.3) is 0 Å². The maximum absolute atomic E-state index is 5.13. The van der Waals surface area contributed by atoms with Gasteiger partial charge in [0.2, 0.25) is 0 Å². The molecule has 0 amide bonds. The lowest BCUT2D eigenvalue weighted by atomic mass is 10.4. The van der Waals surface area contributed by atoms with Gasteiger partial charge in [0.05, 0.1) is 18.5 Å². The maximum Gasteiger partial charge on any atom is 0.0607 e. The van der Waals surface area contributed by atoms with E-state index in [2.05, 4.69) is 22.0 Å². The first kappa shape index (κ1) is 9.77. The molecule has 2 rings (SSSR count). The van der Waals surface area contributed by atoms with Crippen molar-refractivity contribution in [2.75, 3.05) is 51.7 Å². The molecular weight excluding hydrogens is 184 g/mol. The van der Waals surface area contributed by atoms with E-state index in [0.717, 1.165) is 31.6 Å². The number of nitrogens with one attached hydrogen (secondary N) is 1.